The Labute approximate surface area is 158 Å². The second-order valence-corrected chi connectivity index (χ2v) is 6.36. The Morgan fingerprint density at radius 3 is 2.59 bits per heavy atom. The molecule has 0 amide bonds. The average Bonchev–Trinajstić information content (AvgIpc) is 2.62. The molecule has 1 fully saturated rings. The number of rotatable bonds is 5. The average molecular weight is 374 g/mol. The quantitative estimate of drug-likeness (QED) is 0.668. The number of aliphatic hydroxyl groups excluding tert-OH is 1. The second kappa shape index (κ2) is 10.5. The zero-order valence-corrected chi connectivity index (χ0v) is 15.7. The Balaban J connectivity index is 0.000000817. The summed E-state index contributed by atoms with van der Waals surface area (Å²) >= 11 is 0. The van der Waals surface area contributed by atoms with Gasteiger partial charge in [-0.25, -0.2) is 15.0 Å². The summed E-state index contributed by atoms with van der Waals surface area (Å²) in [4.78, 5) is 28.5. The monoisotopic (exact) mass is 374 g/mol. The molecule has 1 aliphatic heterocycles. The fourth-order valence-corrected chi connectivity index (χ4v) is 3.25. The van der Waals surface area contributed by atoms with Crippen molar-refractivity contribution in [2.45, 2.75) is 32.6 Å². The van der Waals surface area contributed by atoms with E-state index in [0.717, 1.165) is 48.8 Å². The minimum absolute atomic E-state index is 0.189. The minimum Gasteiger partial charge on any atom is -0.483 e. The number of carbonyl (C=O) groups is 1. The van der Waals surface area contributed by atoms with E-state index in [0.29, 0.717) is 18.4 Å². The number of β-amino-alcohol motifs (C(OH)–C–C–N with tert-alkyl or cyclic N) is 1. The van der Waals surface area contributed by atoms with Gasteiger partial charge in [0.1, 0.15) is 0 Å². The largest absolute Gasteiger partial charge is 0.483 e. The third kappa shape index (κ3) is 6.22. The molecular formula is C18H26N6O3. The topological polar surface area (TPSA) is 124 Å². The maximum Gasteiger partial charge on any atom is 0.290 e. The molecule has 0 aromatic carbocycles. The summed E-state index contributed by atoms with van der Waals surface area (Å²) in [6.07, 6.45) is 5.58. The Bertz CT molecular complexity index is 721. The van der Waals surface area contributed by atoms with E-state index in [-0.39, 0.29) is 13.1 Å². The van der Waals surface area contributed by atoms with E-state index in [1.165, 1.54) is 0 Å². The van der Waals surface area contributed by atoms with Crippen molar-refractivity contribution in [3.8, 4) is 0 Å². The van der Waals surface area contributed by atoms with Gasteiger partial charge in [0.2, 0.25) is 5.95 Å². The fraction of sp³-hybridized carbons (Fsp3) is 0.500. The number of carboxylic acid groups (broad SMARTS) is 1. The third-order valence-electron chi connectivity index (χ3n) is 4.25. The van der Waals surface area contributed by atoms with Crippen LogP contribution in [-0.4, -0.2) is 67.8 Å². The Morgan fingerprint density at radius 1 is 1.26 bits per heavy atom. The molecule has 27 heavy (non-hydrogen) atoms. The van der Waals surface area contributed by atoms with Gasteiger partial charge < -0.3 is 20.4 Å². The molecule has 1 aliphatic rings. The summed E-state index contributed by atoms with van der Waals surface area (Å²) in [6.45, 7) is 6.47. The SMILES string of the molecule is Cc1cc(C)nc(Nc2nccnc2C2CCCN(CCO)C2)n1.O=CO. The minimum atomic E-state index is -0.250. The predicted molar refractivity (Wildman–Crippen MR) is 101 cm³/mol. The summed E-state index contributed by atoms with van der Waals surface area (Å²) in [6, 6.07) is 1.94. The predicted octanol–water partition coefficient (Wildman–Crippen LogP) is 1.50. The first kappa shape index (κ1) is 20.7. The van der Waals surface area contributed by atoms with Crippen LogP contribution in [-0.2, 0) is 4.79 Å². The van der Waals surface area contributed by atoms with Crippen LogP contribution in [0.1, 0.15) is 35.8 Å². The van der Waals surface area contributed by atoms with E-state index >= 15 is 0 Å². The number of hydrogen-bond acceptors (Lipinski definition) is 8. The van der Waals surface area contributed by atoms with Gasteiger partial charge in [-0.15, -0.1) is 0 Å². The molecule has 0 spiro atoms. The Kier molecular flexibility index (Phi) is 8.02. The van der Waals surface area contributed by atoms with Crippen LogP contribution in [0.4, 0.5) is 11.8 Å². The van der Waals surface area contributed by atoms with Crippen LogP contribution in [0, 0.1) is 13.8 Å². The van der Waals surface area contributed by atoms with Gasteiger partial charge in [-0.3, -0.25) is 9.78 Å². The van der Waals surface area contributed by atoms with Crippen molar-refractivity contribution in [2.24, 2.45) is 0 Å². The van der Waals surface area contributed by atoms with E-state index < -0.39 is 0 Å². The van der Waals surface area contributed by atoms with E-state index in [2.05, 4.69) is 30.2 Å². The molecule has 2 aromatic heterocycles. The van der Waals surface area contributed by atoms with Crippen LogP contribution < -0.4 is 5.32 Å². The van der Waals surface area contributed by atoms with E-state index in [4.69, 9.17) is 9.90 Å². The first-order chi connectivity index (χ1) is 13.1. The highest BCUT2D eigenvalue weighted by Gasteiger charge is 2.25. The fourth-order valence-electron chi connectivity index (χ4n) is 3.25. The number of anilines is 2. The molecule has 0 bridgehead atoms. The zero-order valence-electron chi connectivity index (χ0n) is 15.7. The van der Waals surface area contributed by atoms with Crippen LogP contribution >= 0.6 is 0 Å². The van der Waals surface area contributed by atoms with Crippen LogP contribution in [0.3, 0.4) is 0 Å². The first-order valence-corrected chi connectivity index (χ1v) is 8.88. The van der Waals surface area contributed by atoms with Gasteiger partial charge in [-0.1, -0.05) is 0 Å². The second-order valence-electron chi connectivity index (χ2n) is 6.36. The maximum absolute atomic E-state index is 9.18. The molecular weight excluding hydrogens is 348 g/mol. The summed E-state index contributed by atoms with van der Waals surface area (Å²) in [5.74, 6) is 1.57. The van der Waals surface area contributed by atoms with Crippen molar-refractivity contribution < 1.29 is 15.0 Å². The lowest BCUT2D eigenvalue weighted by Gasteiger charge is -2.32. The van der Waals surface area contributed by atoms with Crippen molar-refractivity contribution in [2.75, 3.05) is 31.6 Å². The number of piperidine rings is 1. The number of aromatic nitrogens is 4. The highest BCUT2D eigenvalue weighted by molar-refractivity contribution is 5.52. The molecule has 1 saturated heterocycles. The van der Waals surface area contributed by atoms with Crippen molar-refractivity contribution in [1.82, 2.24) is 24.8 Å². The molecule has 3 N–H and O–H groups in total. The normalized spacial score (nSPS) is 16.9. The third-order valence-corrected chi connectivity index (χ3v) is 4.25. The lowest BCUT2D eigenvalue weighted by atomic mass is 9.94. The molecule has 3 rings (SSSR count). The molecule has 9 heteroatoms. The van der Waals surface area contributed by atoms with Gasteiger partial charge in [0.15, 0.2) is 5.82 Å². The zero-order chi connectivity index (χ0) is 19.6. The van der Waals surface area contributed by atoms with Crippen molar-refractivity contribution in [3.05, 3.63) is 35.5 Å². The molecule has 0 aliphatic carbocycles. The van der Waals surface area contributed by atoms with Gasteiger partial charge in [0.25, 0.3) is 6.47 Å². The Hall–Kier alpha value is -2.65. The maximum atomic E-state index is 9.18. The van der Waals surface area contributed by atoms with Crippen LogP contribution in [0.15, 0.2) is 18.5 Å². The smallest absolute Gasteiger partial charge is 0.290 e. The van der Waals surface area contributed by atoms with Crippen molar-refractivity contribution >= 4 is 18.2 Å². The molecule has 2 aromatic rings. The number of aliphatic hydroxyl groups is 1. The van der Waals surface area contributed by atoms with Crippen LogP contribution in [0.25, 0.3) is 0 Å². The van der Waals surface area contributed by atoms with Crippen LogP contribution in [0.2, 0.25) is 0 Å². The molecule has 3 heterocycles. The number of likely N-dealkylation sites (tertiary alicyclic amines) is 1. The van der Waals surface area contributed by atoms with Gasteiger partial charge in [0, 0.05) is 42.8 Å². The summed E-state index contributed by atoms with van der Waals surface area (Å²) < 4.78 is 0. The summed E-state index contributed by atoms with van der Waals surface area (Å²) in [5.41, 5.74) is 2.78. The summed E-state index contributed by atoms with van der Waals surface area (Å²) in [7, 11) is 0. The van der Waals surface area contributed by atoms with Crippen molar-refractivity contribution in [3.63, 3.8) is 0 Å². The number of nitrogens with one attached hydrogen (secondary N) is 1. The van der Waals surface area contributed by atoms with Gasteiger partial charge >= 0.3 is 0 Å². The van der Waals surface area contributed by atoms with E-state index in [9.17, 15) is 5.11 Å². The number of nitrogens with zero attached hydrogens (tertiary/aromatic N) is 5. The number of hydrogen-bond donors (Lipinski definition) is 3. The highest BCUT2D eigenvalue weighted by Crippen LogP contribution is 2.30. The molecule has 9 nitrogen and oxygen atoms in total. The standard InChI is InChI=1S/C17H24N6O.CH2O2/c1-12-10-13(2)21-17(20-12)22-16-15(18-5-6-19-16)14-4-3-7-23(11-14)8-9-24;2-1-3/h5-6,10,14,24H,3-4,7-9,11H2,1-2H3,(H,19,20,21,22);1H,(H,2,3). The lowest BCUT2D eigenvalue weighted by molar-refractivity contribution is -0.122. The van der Waals surface area contributed by atoms with Gasteiger partial charge in [-0.2, -0.15) is 0 Å². The van der Waals surface area contributed by atoms with Crippen LogP contribution in [0.5, 0.6) is 0 Å². The van der Waals surface area contributed by atoms with Gasteiger partial charge in [-0.05, 0) is 39.3 Å². The first-order valence-electron chi connectivity index (χ1n) is 8.88. The molecule has 146 valence electrons. The number of aryl methyl sites for hydroxylation is 2. The summed E-state index contributed by atoms with van der Waals surface area (Å²) in [5, 5.41) is 19.3. The van der Waals surface area contributed by atoms with Gasteiger partial charge in [0.05, 0.1) is 12.3 Å². The highest BCUT2D eigenvalue weighted by atomic mass is 16.3. The molecule has 1 atom stereocenters. The van der Waals surface area contributed by atoms with E-state index in [1.807, 2.05) is 19.9 Å². The lowest BCUT2D eigenvalue weighted by Crippen LogP contribution is -2.36. The molecule has 1 unspecified atom stereocenters. The van der Waals surface area contributed by atoms with E-state index in [1.54, 1.807) is 12.4 Å². The Morgan fingerprint density at radius 2 is 1.93 bits per heavy atom. The molecule has 0 saturated carbocycles. The molecule has 0 radical (unpaired) electrons. The van der Waals surface area contributed by atoms with Crippen molar-refractivity contribution in [1.29, 1.82) is 0 Å².